The smallest absolute Gasteiger partial charge is 0.0725 e. The minimum Gasteiger partial charge on any atom is -0.372 e. The number of aryl methyl sites for hydroxylation is 1. The summed E-state index contributed by atoms with van der Waals surface area (Å²) in [4.78, 5) is 0. The van der Waals surface area contributed by atoms with Crippen LogP contribution in [0.3, 0.4) is 0 Å². The Bertz CT molecular complexity index is 376. The quantitative estimate of drug-likeness (QED) is 0.682. The maximum atomic E-state index is 5.45. The fourth-order valence-corrected chi connectivity index (χ4v) is 2.62. The molecule has 0 radical (unpaired) electrons. The van der Waals surface area contributed by atoms with E-state index in [2.05, 4.69) is 30.4 Å². The molecule has 0 unspecified atom stereocenters. The maximum Gasteiger partial charge on any atom is 0.0725 e. The Morgan fingerprint density at radius 1 is 1.00 bits per heavy atom. The van der Waals surface area contributed by atoms with Gasteiger partial charge in [0.1, 0.15) is 0 Å². The third kappa shape index (κ3) is 4.96. The Balaban J connectivity index is 1.56. The van der Waals surface area contributed by atoms with Crippen LogP contribution >= 0.6 is 0 Å². The molecule has 2 heteroatoms. The summed E-state index contributed by atoms with van der Waals surface area (Å²) in [5.41, 5.74) is 4.26. The Kier molecular flexibility index (Phi) is 6.38. The van der Waals surface area contributed by atoms with Crippen LogP contribution in [0.2, 0.25) is 0 Å². The monoisotopic (exact) mass is 261 g/mol. The molecule has 0 atom stereocenters. The van der Waals surface area contributed by atoms with Crippen LogP contribution in [-0.2, 0) is 24.4 Å². The van der Waals surface area contributed by atoms with E-state index < -0.39 is 0 Å². The summed E-state index contributed by atoms with van der Waals surface area (Å²) >= 11 is 0. The predicted molar refractivity (Wildman–Crippen MR) is 80.3 cm³/mol. The number of nitrogens with one attached hydrogen (secondary N) is 1. The molecule has 0 amide bonds. The molecule has 2 nitrogen and oxygen atoms in total. The molecule has 0 saturated carbocycles. The number of hydrogen-bond acceptors (Lipinski definition) is 2. The van der Waals surface area contributed by atoms with E-state index in [1.165, 1.54) is 61.8 Å². The van der Waals surface area contributed by atoms with Gasteiger partial charge in [0.05, 0.1) is 13.2 Å². The van der Waals surface area contributed by atoms with Gasteiger partial charge in [-0.2, -0.15) is 0 Å². The molecule has 0 bridgehead atoms. The van der Waals surface area contributed by atoms with Crippen LogP contribution in [0, 0.1) is 0 Å². The Hall–Kier alpha value is -0.860. The summed E-state index contributed by atoms with van der Waals surface area (Å²) < 4.78 is 5.45. The molecular weight excluding hydrogens is 234 g/mol. The van der Waals surface area contributed by atoms with Gasteiger partial charge in [0.25, 0.3) is 0 Å². The number of fused-ring (bicyclic) bond motifs is 1. The minimum absolute atomic E-state index is 0.806. The molecule has 1 aromatic carbocycles. The van der Waals surface area contributed by atoms with Crippen molar-refractivity contribution < 1.29 is 4.74 Å². The molecule has 19 heavy (non-hydrogen) atoms. The lowest BCUT2D eigenvalue weighted by Crippen LogP contribution is -2.15. The molecule has 1 heterocycles. The van der Waals surface area contributed by atoms with Crippen LogP contribution in [0.4, 0.5) is 0 Å². The third-order valence-electron chi connectivity index (χ3n) is 3.78. The van der Waals surface area contributed by atoms with E-state index in [-0.39, 0.29) is 0 Å². The number of unbranched alkanes of at least 4 members (excludes halogenated alkanes) is 3. The SMILES string of the molecule is CCCNCCCCCCc1ccc2c(c1)COC2. The van der Waals surface area contributed by atoms with E-state index >= 15 is 0 Å². The minimum atomic E-state index is 0.806. The average molecular weight is 261 g/mol. The number of rotatable bonds is 9. The molecule has 0 saturated heterocycles. The Morgan fingerprint density at radius 3 is 2.74 bits per heavy atom. The maximum absolute atomic E-state index is 5.45. The molecule has 2 rings (SSSR count). The van der Waals surface area contributed by atoms with Gasteiger partial charge in [0.2, 0.25) is 0 Å². The molecule has 0 aliphatic carbocycles. The third-order valence-corrected chi connectivity index (χ3v) is 3.78. The number of hydrogen-bond donors (Lipinski definition) is 1. The highest BCUT2D eigenvalue weighted by molar-refractivity contribution is 5.33. The summed E-state index contributed by atoms with van der Waals surface area (Å²) in [6.07, 6.45) is 7.79. The summed E-state index contributed by atoms with van der Waals surface area (Å²) in [5, 5.41) is 3.46. The second kappa shape index (κ2) is 8.34. The molecule has 106 valence electrons. The lowest BCUT2D eigenvalue weighted by molar-refractivity contribution is 0.134. The van der Waals surface area contributed by atoms with Gasteiger partial charge < -0.3 is 10.1 Å². The number of benzene rings is 1. The van der Waals surface area contributed by atoms with E-state index in [4.69, 9.17) is 4.74 Å². The van der Waals surface area contributed by atoms with Gasteiger partial charge in [-0.1, -0.05) is 38.0 Å². The normalized spacial score (nSPS) is 13.7. The van der Waals surface area contributed by atoms with Crippen LogP contribution in [0.25, 0.3) is 0 Å². The Labute approximate surface area is 117 Å². The van der Waals surface area contributed by atoms with Crippen molar-refractivity contribution in [3.8, 4) is 0 Å². The molecule has 1 N–H and O–H groups in total. The highest BCUT2D eigenvalue weighted by atomic mass is 16.5. The molecule has 1 aromatic rings. The fourth-order valence-electron chi connectivity index (χ4n) is 2.62. The van der Waals surface area contributed by atoms with Gasteiger partial charge in [-0.25, -0.2) is 0 Å². The molecule has 0 aromatic heterocycles. The van der Waals surface area contributed by atoms with Crippen LogP contribution in [0.15, 0.2) is 18.2 Å². The largest absolute Gasteiger partial charge is 0.372 e. The first-order valence-corrected chi connectivity index (χ1v) is 7.79. The predicted octanol–water partition coefficient (Wildman–Crippen LogP) is 3.82. The van der Waals surface area contributed by atoms with E-state index in [9.17, 15) is 0 Å². The summed E-state index contributed by atoms with van der Waals surface area (Å²) in [5.74, 6) is 0. The zero-order chi connectivity index (χ0) is 13.3. The van der Waals surface area contributed by atoms with E-state index in [1.54, 1.807) is 0 Å². The molecule has 0 spiro atoms. The zero-order valence-corrected chi connectivity index (χ0v) is 12.2. The van der Waals surface area contributed by atoms with Gasteiger partial charge in [-0.15, -0.1) is 0 Å². The standard InChI is InChI=1S/C17H27NO/c1-2-10-18-11-6-4-3-5-7-15-8-9-16-13-19-14-17(16)12-15/h8-9,12,18H,2-7,10-11,13-14H2,1H3. The van der Waals surface area contributed by atoms with Gasteiger partial charge in [-0.05, 0) is 55.5 Å². The highest BCUT2D eigenvalue weighted by Crippen LogP contribution is 2.21. The lowest BCUT2D eigenvalue weighted by atomic mass is 10.0. The molecule has 0 fully saturated rings. The van der Waals surface area contributed by atoms with Crippen molar-refractivity contribution in [3.05, 3.63) is 34.9 Å². The van der Waals surface area contributed by atoms with Crippen LogP contribution in [0.1, 0.15) is 55.7 Å². The first-order valence-electron chi connectivity index (χ1n) is 7.79. The van der Waals surface area contributed by atoms with Crippen molar-refractivity contribution >= 4 is 0 Å². The van der Waals surface area contributed by atoms with Crippen molar-refractivity contribution in [2.24, 2.45) is 0 Å². The van der Waals surface area contributed by atoms with Gasteiger partial charge in [0, 0.05) is 0 Å². The van der Waals surface area contributed by atoms with Crippen molar-refractivity contribution in [2.45, 2.75) is 58.7 Å². The zero-order valence-electron chi connectivity index (χ0n) is 12.2. The average Bonchev–Trinajstić information content (AvgIpc) is 2.89. The molecular formula is C17H27NO. The first kappa shape index (κ1) is 14.5. The molecule has 1 aliphatic heterocycles. The second-order valence-corrected chi connectivity index (χ2v) is 5.51. The van der Waals surface area contributed by atoms with E-state index in [1.807, 2.05) is 0 Å². The summed E-state index contributed by atoms with van der Waals surface area (Å²) in [6.45, 7) is 6.18. The summed E-state index contributed by atoms with van der Waals surface area (Å²) in [7, 11) is 0. The van der Waals surface area contributed by atoms with Crippen molar-refractivity contribution in [2.75, 3.05) is 13.1 Å². The van der Waals surface area contributed by atoms with Gasteiger partial charge in [0.15, 0.2) is 0 Å². The van der Waals surface area contributed by atoms with Crippen molar-refractivity contribution in [3.63, 3.8) is 0 Å². The van der Waals surface area contributed by atoms with Crippen LogP contribution in [-0.4, -0.2) is 13.1 Å². The summed E-state index contributed by atoms with van der Waals surface area (Å²) in [6, 6.07) is 6.85. The van der Waals surface area contributed by atoms with Gasteiger partial charge in [-0.3, -0.25) is 0 Å². The van der Waals surface area contributed by atoms with Crippen molar-refractivity contribution in [1.82, 2.24) is 5.32 Å². The second-order valence-electron chi connectivity index (χ2n) is 5.51. The first-order chi connectivity index (χ1) is 9.40. The van der Waals surface area contributed by atoms with E-state index in [0.717, 1.165) is 19.8 Å². The Morgan fingerprint density at radius 2 is 1.84 bits per heavy atom. The topological polar surface area (TPSA) is 21.3 Å². The van der Waals surface area contributed by atoms with E-state index in [0.29, 0.717) is 0 Å². The molecule has 1 aliphatic rings. The van der Waals surface area contributed by atoms with Crippen LogP contribution in [0.5, 0.6) is 0 Å². The van der Waals surface area contributed by atoms with Crippen LogP contribution < -0.4 is 5.32 Å². The van der Waals surface area contributed by atoms with Gasteiger partial charge >= 0.3 is 0 Å². The number of ether oxygens (including phenoxy) is 1. The fraction of sp³-hybridized carbons (Fsp3) is 0.647. The highest BCUT2D eigenvalue weighted by Gasteiger charge is 2.10. The lowest BCUT2D eigenvalue weighted by Gasteiger charge is -2.05. The van der Waals surface area contributed by atoms with Crippen molar-refractivity contribution in [1.29, 1.82) is 0 Å².